The molecule has 2 aromatic heterocycles. The van der Waals surface area contributed by atoms with Crippen LogP contribution in [-0.4, -0.2) is 20.7 Å². The number of aromatic nitrogens is 3. The molecule has 80 valence electrons. The lowest BCUT2D eigenvalue weighted by molar-refractivity contribution is 0.997. The van der Waals surface area contributed by atoms with Crippen molar-refractivity contribution in [3.05, 3.63) is 30.5 Å². The normalized spacial score (nSPS) is 11.3. The van der Waals surface area contributed by atoms with Gasteiger partial charge in [0.1, 0.15) is 5.65 Å². The number of para-hydroxylation sites is 1. The van der Waals surface area contributed by atoms with Crippen molar-refractivity contribution >= 4 is 33.7 Å². The number of rotatable bonds is 2. The van der Waals surface area contributed by atoms with Crippen LogP contribution in [0.1, 0.15) is 6.92 Å². The Morgan fingerprint density at radius 2 is 2.12 bits per heavy atom. The number of fused-ring (bicyclic) bond motifs is 3. The van der Waals surface area contributed by atoms with Crippen LogP contribution in [-0.2, 0) is 0 Å². The Labute approximate surface area is 97.3 Å². The van der Waals surface area contributed by atoms with Crippen molar-refractivity contribution in [2.75, 3.05) is 5.75 Å². The van der Waals surface area contributed by atoms with Gasteiger partial charge in [0.2, 0.25) is 0 Å². The van der Waals surface area contributed by atoms with Gasteiger partial charge in [-0.25, -0.2) is 9.97 Å². The molecule has 0 aliphatic carbocycles. The van der Waals surface area contributed by atoms with Crippen LogP contribution in [0.4, 0.5) is 0 Å². The molecule has 0 radical (unpaired) electrons. The van der Waals surface area contributed by atoms with Gasteiger partial charge in [0.25, 0.3) is 0 Å². The summed E-state index contributed by atoms with van der Waals surface area (Å²) in [5.74, 6) is 0.992. The largest absolute Gasteiger partial charge is 0.339 e. The Kier molecular flexibility index (Phi) is 2.29. The Bertz CT molecular complexity index is 645. The highest BCUT2D eigenvalue weighted by Crippen LogP contribution is 2.24. The van der Waals surface area contributed by atoms with E-state index in [1.165, 1.54) is 5.39 Å². The quantitative estimate of drug-likeness (QED) is 0.542. The van der Waals surface area contributed by atoms with Crippen LogP contribution in [0.3, 0.4) is 0 Å². The summed E-state index contributed by atoms with van der Waals surface area (Å²) in [6.07, 6.45) is 1.90. The maximum atomic E-state index is 4.50. The fraction of sp³-hybridized carbons (Fsp3) is 0.167. The minimum atomic E-state index is 0.835. The number of hydrogen-bond acceptors (Lipinski definition) is 3. The summed E-state index contributed by atoms with van der Waals surface area (Å²) < 4.78 is 0. The number of benzene rings is 1. The molecule has 0 bridgehead atoms. The van der Waals surface area contributed by atoms with Crippen LogP contribution in [0.5, 0.6) is 0 Å². The first-order valence-corrected chi connectivity index (χ1v) is 6.23. The van der Waals surface area contributed by atoms with Gasteiger partial charge in [-0.15, -0.1) is 0 Å². The van der Waals surface area contributed by atoms with Crippen LogP contribution in [0.2, 0.25) is 0 Å². The topological polar surface area (TPSA) is 41.6 Å². The van der Waals surface area contributed by atoms with Crippen LogP contribution >= 0.6 is 11.8 Å². The van der Waals surface area contributed by atoms with Crippen LogP contribution in [0.15, 0.2) is 35.6 Å². The molecule has 16 heavy (non-hydrogen) atoms. The summed E-state index contributed by atoms with van der Waals surface area (Å²) in [5, 5.41) is 3.11. The molecule has 0 aliphatic rings. The molecule has 2 heterocycles. The van der Waals surface area contributed by atoms with Gasteiger partial charge in [-0.05, 0) is 11.8 Å². The first-order valence-electron chi connectivity index (χ1n) is 5.24. The van der Waals surface area contributed by atoms with Gasteiger partial charge in [0.05, 0.1) is 0 Å². The fourth-order valence-electron chi connectivity index (χ4n) is 1.81. The lowest BCUT2D eigenvalue weighted by Gasteiger charge is -1.95. The summed E-state index contributed by atoms with van der Waals surface area (Å²) in [7, 11) is 0. The van der Waals surface area contributed by atoms with Crippen molar-refractivity contribution in [3.8, 4) is 0 Å². The molecule has 3 aromatic rings. The lowest BCUT2D eigenvalue weighted by Crippen LogP contribution is -1.86. The average Bonchev–Trinajstić information content (AvgIpc) is 2.67. The summed E-state index contributed by atoms with van der Waals surface area (Å²) in [6.45, 7) is 2.10. The van der Waals surface area contributed by atoms with Crippen molar-refractivity contribution in [1.29, 1.82) is 0 Å². The predicted octanol–water partition coefficient (Wildman–Crippen LogP) is 3.22. The molecule has 0 saturated heterocycles. The highest BCUT2D eigenvalue weighted by atomic mass is 32.2. The van der Waals surface area contributed by atoms with Crippen molar-refractivity contribution in [2.24, 2.45) is 0 Å². The number of nitrogens with one attached hydrogen (secondary N) is 1. The molecule has 0 unspecified atom stereocenters. The van der Waals surface area contributed by atoms with E-state index >= 15 is 0 Å². The lowest BCUT2D eigenvalue weighted by atomic mass is 10.2. The molecule has 0 amide bonds. The molecular weight excluding hydrogens is 218 g/mol. The molecule has 3 rings (SSSR count). The van der Waals surface area contributed by atoms with Gasteiger partial charge in [0.15, 0.2) is 5.16 Å². The number of aromatic amines is 1. The maximum absolute atomic E-state index is 4.50. The second-order valence-electron chi connectivity index (χ2n) is 3.52. The van der Waals surface area contributed by atoms with E-state index in [1.807, 2.05) is 18.3 Å². The van der Waals surface area contributed by atoms with E-state index in [-0.39, 0.29) is 0 Å². The predicted molar refractivity (Wildman–Crippen MR) is 67.8 cm³/mol. The molecule has 0 spiro atoms. The third-order valence-corrected chi connectivity index (χ3v) is 3.25. The van der Waals surface area contributed by atoms with Gasteiger partial charge in [0, 0.05) is 22.5 Å². The van der Waals surface area contributed by atoms with Crippen molar-refractivity contribution in [2.45, 2.75) is 12.1 Å². The summed E-state index contributed by atoms with van der Waals surface area (Å²) in [5.41, 5.74) is 2.04. The SMILES string of the molecule is CCSc1ncc2c(n1)[nH]c1ccccc12. The zero-order valence-corrected chi connectivity index (χ0v) is 9.71. The molecule has 1 aromatic carbocycles. The Morgan fingerprint density at radius 3 is 3.00 bits per heavy atom. The van der Waals surface area contributed by atoms with Crippen LogP contribution < -0.4 is 0 Å². The first kappa shape index (κ1) is 9.66. The van der Waals surface area contributed by atoms with Crippen LogP contribution in [0, 0.1) is 0 Å². The van der Waals surface area contributed by atoms with E-state index in [0.29, 0.717) is 0 Å². The zero-order chi connectivity index (χ0) is 11.0. The Balaban J connectivity index is 2.28. The fourth-order valence-corrected chi connectivity index (χ4v) is 2.35. The molecule has 4 heteroatoms. The zero-order valence-electron chi connectivity index (χ0n) is 8.90. The van der Waals surface area contributed by atoms with E-state index in [9.17, 15) is 0 Å². The third kappa shape index (κ3) is 1.46. The molecule has 0 atom stereocenters. The third-order valence-electron chi connectivity index (χ3n) is 2.51. The molecule has 0 fully saturated rings. The Morgan fingerprint density at radius 1 is 1.25 bits per heavy atom. The molecular formula is C12H11N3S. The highest BCUT2D eigenvalue weighted by molar-refractivity contribution is 7.99. The van der Waals surface area contributed by atoms with Gasteiger partial charge in [-0.1, -0.05) is 36.9 Å². The van der Waals surface area contributed by atoms with E-state index in [0.717, 1.165) is 27.5 Å². The average molecular weight is 229 g/mol. The number of hydrogen-bond donors (Lipinski definition) is 1. The minimum Gasteiger partial charge on any atom is -0.339 e. The van der Waals surface area contributed by atoms with Gasteiger partial charge in [-0.3, -0.25) is 0 Å². The Hall–Kier alpha value is -1.55. The maximum Gasteiger partial charge on any atom is 0.189 e. The standard InChI is InChI=1S/C12H11N3S/c1-2-16-12-13-7-9-8-5-3-4-6-10(8)14-11(9)15-12/h3-7H,2H2,1H3,(H,13,14,15). The van der Waals surface area contributed by atoms with Crippen molar-refractivity contribution in [1.82, 2.24) is 15.0 Å². The second kappa shape index (κ2) is 3.79. The summed E-state index contributed by atoms with van der Waals surface area (Å²) in [6, 6.07) is 8.20. The van der Waals surface area contributed by atoms with Crippen molar-refractivity contribution in [3.63, 3.8) is 0 Å². The monoisotopic (exact) mass is 229 g/mol. The molecule has 0 aliphatic heterocycles. The van der Waals surface area contributed by atoms with E-state index in [1.54, 1.807) is 11.8 Å². The molecule has 0 saturated carbocycles. The summed E-state index contributed by atoms with van der Waals surface area (Å²) >= 11 is 1.66. The number of nitrogens with zero attached hydrogens (tertiary/aromatic N) is 2. The molecule has 1 N–H and O–H groups in total. The van der Waals surface area contributed by atoms with Gasteiger partial charge < -0.3 is 4.98 Å². The van der Waals surface area contributed by atoms with E-state index < -0.39 is 0 Å². The van der Waals surface area contributed by atoms with E-state index in [2.05, 4.69) is 34.0 Å². The summed E-state index contributed by atoms with van der Waals surface area (Å²) in [4.78, 5) is 12.2. The minimum absolute atomic E-state index is 0.835. The van der Waals surface area contributed by atoms with E-state index in [4.69, 9.17) is 0 Å². The number of thioether (sulfide) groups is 1. The first-order chi connectivity index (χ1) is 7.88. The van der Waals surface area contributed by atoms with Crippen molar-refractivity contribution < 1.29 is 0 Å². The number of H-pyrrole nitrogens is 1. The van der Waals surface area contributed by atoms with Gasteiger partial charge >= 0.3 is 0 Å². The second-order valence-corrected chi connectivity index (χ2v) is 4.75. The highest BCUT2D eigenvalue weighted by Gasteiger charge is 2.06. The van der Waals surface area contributed by atoms with Gasteiger partial charge in [-0.2, -0.15) is 0 Å². The molecule has 3 nitrogen and oxygen atoms in total. The smallest absolute Gasteiger partial charge is 0.189 e. The van der Waals surface area contributed by atoms with Crippen LogP contribution in [0.25, 0.3) is 21.9 Å².